The lowest BCUT2D eigenvalue weighted by Crippen LogP contribution is -2.33. The third-order valence-electron chi connectivity index (χ3n) is 3.79. The van der Waals surface area contributed by atoms with E-state index in [0.29, 0.717) is 12.4 Å². The first kappa shape index (κ1) is 15.9. The fraction of sp³-hybridized carbons (Fsp3) is 0.278. The standard InChI is InChI=1S/C18H19NO3S/c1-12-2-4-13(5-3-12)10-22-15-8-6-14(7-9-15)17-19-16(11-23-17)18(20)21/h2-9,16-17,19H,10-11H2,1H3,(H,20,21). The number of hydrogen-bond acceptors (Lipinski definition) is 4. The van der Waals surface area contributed by atoms with Crippen molar-refractivity contribution in [2.75, 3.05) is 5.75 Å². The number of thioether (sulfide) groups is 1. The average molecular weight is 329 g/mol. The van der Waals surface area contributed by atoms with Crippen molar-refractivity contribution in [2.24, 2.45) is 0 Å². The van der Waals surface area contributed by atoms with Crippen LogP contribution in [0.5, 0.6) is 5.75 Å². The van der Waals surface area contributed by atoms with E-state index in [1.807, 2.05) is 24.3 Å². The van der Waals surface area contributed by atoms with Crippen molar-refractivity contribution in [1.29, 1.82) is 0 Å². The van der Waals surface area contributed by atoms with Gasteiger partial charge >= 0.3 is 5.97 Å². The van der Waals surface area contributed by atoms with Gasteiger partial charge in [-0.05, 0) is 30.2 Å². The van der Waals surface area contributed by atoms with Gasteiger partial charge in [0.1, 0.15) is 18.4 Å². The number of hydrogen-bond donors (Lipinski definition) is 2. The number of rotatable bonds is 5. The Morgan fingerprint density at radius 3 is 2.52 bits per heavy atom. The van der Waals surface area contributed by atoms with Crippen LogP contribution in [0.4, 0.5) is 0 Å². The van der Waals surface area contributed by atoms with Crippen molar-refractivity contribution in [2.45, 2.75) is 24.9 Å². The molecule has 0 aromatic heterocycles. The van der Waals surface area contributed by atoms with Gasteiger partial charge in [0.25, 0.3) is 0 Å². The summed E-state index contributed by atoms with van der Waals surface area (Å²) in [6.45, 7) is 2.60. The monoisotopic (exact) mass is 329 g/mol. The first-order valence-electron chi connectivity index (χ1n) is 7.50. The molecular formula is C18H19NO3S. The molecule has 1 heterocycles. The van der Waals surface area contributed by atoms with E-state index < -0.39 is 12.0 Å². The molecule has 3 rings (SSSR count). The predicted octanol–water partition coefficient (Wildman–Crippen LogP) is 3.36. The number of carboxylic acid groups (broad SMARTS) is 1. The summed E-state index contributed by atoms with van der Waals surface area (Å²) in [6.07, 6.45) is 0. The summed E-state index contributed by atoms with van der Waals surface area (Å²) in [5, 5.41) is 12.2. The Morgan fingerprint density at radius 2 is 1.91 bits per heavy atom. The van der Waals surface area contributed by atoms with Crippen LogP contribution in [0.25, 0.3) is 0 Å². The van der Waals surface area contributed by atoms with Crippen molar-refractivity contribution >= 4 is 17.7 Å². The molecule has 4 nitrogen and oxygen atoms in total. The molecular weight excluding hydrogens is 310 g/mol. The minimum absolute atomic E-state index is 0.0299. The summed E-state index contributed by atoms with van der Waals surface area (Å²) >= 11 is 1.62. The molecule has 1 aliphatic heterocycles. The first-order chi connectivity index (χ1) is 11.1. The zero-order valence-corrected chi connectivity index (χ0v) is 13.7. The van der Waals surface area contributed by atoms with Gasteiger partial charge in [0.05, 0.1) is 5.37 Å². The Bertz CT molecular complexity index is 670. The molecule has 5 heteroatoms. The van der Waals surface area contributed by atoms with Crippen molar-refractivity contribution < 1.29 is 14.6 Å². The molecule has 120 valence electrons. The van der Waals surface area contributed by atoms with Crippen LogP contribution in [0, 0.1) is 6.92 Å². The second-order valence-corrected chi connectivity index (χ2v) is 6.75. The minimum atomic E-state index is -0.793. The van der Waals surface area contributed by atoms with Gasteiger partial charge in [0.2, 0.25) is 0 Å². The van der Waals surface area contributed by atoms with Crippen LogP contribution in [-0.2, 0) is 11.4 Å². The summed E-state index contributed by atoms with van der Waals surface area (Å²) in [7, 11) is 0. The number of nitrogens with one attached hydrogen (secondary N) is 1. The SMILES string of the molecule is Cc1ccc(COc2ccc(C3NC(C(=O)O)CS3)cc2)cc1. The maximum absolute atomic E-state index is 11.0. The number of carboxylic acids is 1. The van der Waals surface area contributed by atoms with E-state index in [-0.39, 0.29) is 5.37 Å². The Kier molecular flexibility index (Phi) is 4.88. The second kappa shape index (κ2) is 7.06. The highest BCUT2D eigenvalue weighted by Crippen LogP contribution is 2.33. The number of aliphatic carboxylic acids is 1. The Hall–Kier alpha value is -1.98. The first-order valence-corrected chi connectivity index (χ1v) is 8.55. The van der Waals surface area contributed by atoms with Crippen LogP contribution in [-0.4, -0.2) is 22.9 Å². The summed E-state index contributed by atoms with van der Waals surface area (Å²) in [4.78, 5) is 11.0. The molecule has 0 bridgehead atoms. The second-order valence-electron chi connectivity index (χ2n) is 5.61. The number of carbonyl (C=O) groups is 1. The van der Waals surface area contributed by atoms with Gasteiger partial charge < -0.3 is 9.84 Å². The average Bonchev–Trinajstić information content (AvgIpc) is 3.05. The molecule has 1 saturated heterocycles. The van der Waals surface area contributed by atoms with E-state index in [4.69, 9.17) is 9.84 Å². The van der Waals surface area contributed by atoms with Crippen LogP contribution in [0.15, 0.2) is 48.5 Å². The highest BCUT2D eigenvalue weighted by Gasteiger charge is 2.30. The number of benzene rings is 2. The molecule has 0 aliphatic carbocycles. The molecule has 0 radical (unpaired) electrons. The van der Waals surface area contributed by atoms with Crippen LogP contribution < -0.4 is 10.1 Å². The predicted molar refractivity (Wildman–Crippen MR) is 91.7 cm³/mol. The molecule has 2 aromatic carbocycles. The van der Waals surface area contributed by atoms with Crippen molar-refractivity contribution in [1.82, 2.24) is 5.32 Å². The van der Waals surface area contributed by atoms with E-state index in [2.05, 4.69) is 36.5 Å². The lowest BCUT2D eigenvalue weighted by Gasteiger charge is -2.12. The number of ether oxygens (including phenoxy) is 1. The minimum Gasteiger partial charge on any atom is -0.489 e. The zero-order valence-electron chi connectivity index (χ0n) is 12.9. The smallest absolute Gasteiger partial charge is 0.321 e. The Morgan fingerprint density at radius 1 is 1.22 bits per heavy atom. The van der Waals surface area contributed by atoms with Gasteiger partial charge in [0, 0.05) is 5.75 Å². The van der Waals surface area contributed by atoms with Crippen molar-refractivity contribution in [3.8, 4) is 5.75 Å². The van der Waals surface area contributed by atoms with E-state index in [9.17, 15) is 4.79 Å². The van der Waals surface area contributed by atoms with Gasteiger partial charge in [-0.2, -0.15) is 0 Å². The van der Waals surface area contributed by atoms with Crippen molar-refractivity contribution in [3.63, 3.8) is 0 Å². The van der Waals surface area contributed by atoms with Crippen molar-refractivity contribution in [3.05, 3.63) is 65.2 Å². The van der Waals surface area contributed by atoms with E-state index >= 15 is 0 Å². The van der Waals surface area contributed by atoms with Crippen LogP contribution in [0.2, 0.25) is 0 Å². The molecule has 0 spiro atoms. The van der Waals surface area contributed by atoms with Gasteiger partial charge in [-0.15, -0.1) is 11.8 Å². The molecule has 2 N–H and O–H groups in total. The highest BCUT2D eigenvalue weighted by molar-refractivity contribution is 7.99. The van der Waals surface area contributed by atoms with Crippen LogP contribution in [0.3, 0.4) is 0 Å². The Labute approximate surface area is 139 Å². The third-order valence-corrected chi connectivity index (χ3v) is 5.06. The molecule has 2 unspecified atom stereocenters. The summed E-state index contributed by atoms with van der Waals surface area (Å²) < 4.78 is 5.79. The molecule has 0 saturated carbocycles. The van der Waals surface area contributed by atoms with E-state index in [0.717, 1.165) is 16.9 Å². The number of aryl methyl sites for hydroxylation is 1. The fourth-order valence-corrected chi connectivity index (χ4v) is 3.63. The molecule has 0 amide bonds. The van der Waals surface area contributed by atoms with Crippen LogP contribution >= 0.6 is 11.8 Å². The molecule has 1 aliphatic rings. The molecule has 2 atom stereocenters. The summed E-state index contributed by atoms with van der Waals surface area (Å²) in [6, 6.07) is 15.6. The lowest BCUT2D eigenvalue weighted by atomic mass is 10.1. The van der Waals surface area contributed by atoms with E-state index in [1.165, 1.54) is 5.56 Å². The van der Waals surface area contributed by atoms with Gasteiger partial charge in [-0.1, -0.05) is 42.0 Å². The Balaban J connectivity index is 1.57. The molecule has 23 heavy (non-hydrogen) atoms. The summed E-state index contributed by atoms with van der Waals surface area (Å²) in [5.74, 6) is 0.608. The fourth-order valence-electron chi connectivity index (χ4n) is 2.40. The maximum atomic E-state index is 11.0. The zero-order chi connectivity index (χ0) is 16.2. The van der Waals surface area contributed by atoms with Gasteiger partial charge in [-0.25, -0.2) is 0 Å². The topological polar surface area (TPSA) is 58.6 Å². The summed E-state index contributed by atoms with van der Waals surface area (Å²) in [5.41, 5.74) is 3.44. The largest absolute Gasteiger partial charge is 0.489 e. The highest BCUT2D eigenvalue weighted by atomic mass is 32.2. The van der Waals surface area contributed by atoms with Crippen LogP contribution in [0.1, 0.15) is 22.1 Å². The normalized spacial score (nSPS) is 20.4. The third kappa shape index (κ3) is 4.06. The molecule has 1 fully saturated rings. The quantitative estimate of drug-likeness (QED) is 0.881. The molecule has 2 aromatic rings. The van der Waals surface area contributed by atoms with Gasteiger partial charge in [0.15, 0.2) is 0 Å². The lowest BCUT2D eigenvalue weighted by molar-refractivity contribution is -0.138. The van der Waals surface area contributed by atoms with Gasteiger partial charge in [-0.3, -0.25) is 10.1 Å². The maximum Gasteiger partial charge on any atom is 0.321 e. The van der Waals surface area contributed by atoms with E-state index in [1.54, 1.807) is 11.8 Å².